The Hall–Kier alpha value is -1.44. The second-order valence-corrected chi connectivity index (χ2v) is 11.8. The van der Waals surface area contributed by atoms with Gasteiger partial charge in [-0.1, -0.05) is 32.4 Å². The molecule has 0 aromatic heterocycles. The molecule has 186 valence electrons. The minimum absolute atomic E-state index is 0.0721. The molecule has 7 nitrogen and oxygen atoms in total. The van der Waals surface area contributed by atoms with E-state index in [2.05, 4.69) is 26.1 Å². The number of carboxylic acids is 1. The van der Waals surface area contributed by atoms with Crippen LogP contribution in [0.2, 0.25) is 0 Å². The van der Waals surface area contributed by atoms with E-state index in [1.54, 1.807) is 0 Å². The highest BCUT2D eigenvalue weighted by Crippen LogP contribution is 2.67. The predicted molar refractivity (Wildman–Crippen MR) is 123 cm³/mol. The Morgan fingerprint density at radius 3 is 2.58 bits per heavy atom. The number of aliphatic carboxylic acids is 1. The lowest BCUT2D eigenvalue weighted by atomic mass is 9.45. The number of hydrogen-bond acceptors (Lipinski definition) is 5. The molecule has 7 heteroatoms. The van der Waals surface area contributed by atoms with Crippen molar-refractivity contribution in [3.63, 3.8) is 0 Å². The highest BCUT2D eigenvalue weighted by atomic mass is 16.4. The first-order chi connectivity index (χ1) is 15.5. The third kappa shape index (κ3) is 4.14. The summed E-state index contributed by atoms with van der Waals surface area (Å²) in [6, 6.07) is 0. The number of carbonyl (C=O) groups is 2. The predicted octanol–water partition coefficient (Wildman–Crippen LogP) is 2.48. The first-order valence-corrected chi connectivity index (χ1v) is 12.7. The minimum atomic E-state index is -1.05. The van der Waals surface area contributed by atoms with E-state index in [1.807, 2.05) is 6.08 Å². The lowest BCUT2D eigenvalue weighted by Crippen LogP contribution is -2.59. The molecule has 33 heavy (non-hydrogen) atoms. The van der Waals surface area contributed by atoms with E-state index in [0.717, 1.165) is 25.7 Å². The quantitative estimate of drug-likeness (QED) is 0.385. The van der Waals surface area contributed by atoms with Gasteiger partial charge in [0.25, 0.3) is 0 Å². The van der Waals surface area contributed by atoms with Gasteiger partial charge in [0, 0.05) is 6.42 Å². The molecule has 0 heterocycles. The number of aliphatic hydroxyl groups is 3. The van der Waals surface area contributed by atoms with Crippen molar-refractivity contribution in [2.45, 2.75) is 90.4 Å². The van der Waals surface area contributed by atoms with Crippen LogP contribution in [-0.2, 0) is 9.59 Å². The normalized spacial score (nSPS) is 45.3. The van der Waals surface area contributed by atoms with Gasteiger partial charge in [-0.25, -0.2) is 0 Å². The lowest BCUT2D eigenvalue weighted by molar-refractivity contribution is -0.158. The molecule has 4 aliphatic rings. The van der Waals surface area contributed by atoms with E-state index in [0.29, 0.717) is 19.3 Å². The van der Waals surface area contributed by atoms with Crippen LogP contribution in [-0.4, -0.2) is 57.2 Å². The van der Waals surface area contributed by atoms with Crippen LogP contribution >= 0.6 is 0 Å². The van der Waals surface area contributed by atoms with Crippen LogP contribution in [0.3, 0.4) is 0 Å². The van der Waals surface area contributed by atoms with Gasteiger partial charge < -0.3 is 25.7 Å². The van der Waals surface area contributed by atoms with E-state index in [1.165, 1.54) is 5.57 Å². The van der Waals surface area contributed by atoms with Gasteiger partial charge in [0.2, 0.25) is 5.91 Å². The van der Waals surface area contributed by atoms with Gasteiger partial charge in [-0.2, -0.15) is 0 Å². The summed E-state index contributed by atoms with van der Waals surface area (Å²) < 4.78 is 0. The summed E-state index contributed by atoms with van der Waals surface area (Å²) in [6.45, 7) is 6.24. The zero-order valence-electron chi connectivity index (χ0n) is 20.2. The van der Waals surface area contributed by atoms with Crippen molar-refractivity contribution >= 4 is 11.9 Å². The second kappa shape index (κ2) is 8.97. The van der Waals surface area contributed by atoms with Crippen molar-refractivity contribution in [1.82, 2.24) is 5.32 Å². The van der Waals surface area contributed by atoms with Crippen molar-refractivity contribution in [2.75, 3.05) is 6.54 Å². The number of amides is 1. The van der Waals surface area contributed by atoms with Crippen molar-refractivity contribution in [3.8, 4) is 0 Å². The molecule has 0 aromatic carbocycles. The van der Waals surface area contributed by atoms with Crippen molar-refractivity contribution < 1.29 is 30.0 Å². The third-order valence-electron chi connectivity index (χ3n) is 10.2. The van der Waals surface area contributed by atoms with Crippen molar-refractivity contribution in [1.29, 1.82) is 0 Å². The number of rotatable bonds is 6. The maximum absolute atomic E-state index is 12.0. The van der Waals surface area contributed by atoms with Gasteiger partial charge in [0.15, 0.2) is 0 Å². The topological polar surface area (TPSA) is 127 Å². The monoisotopic (exact) mass is 463 g/mol. The summed E-state index contributed by atoms with van der Waals surface area (Å²) in [7, 11) is 0. The Bertz CT molecular complexity index is 813. The Balaban J connectivity index is 1.51. The van der Waals surface area contributed by atoms with Crippen LogP contribution in [0.1, 0.15) is 72.1 Å². The van der Waals surface area contributed by atoms with Crippen molar-refractivity contribution in [3.05, 3.63) is 11.6 Å². The van der Waals surface area contributed by atoms with Gasteiger partial charge in [0.1, 0.15) is 6.54 Å². The van der Waals surface area contributed by atoms with Gasteiger partial charge in [-0.15, -0.1) is 0 Å². The molecule has 5 N–H and O–H groups in total. The van der Waals surface area contributed by atoms with E-state index in [9.17, 15) is 24.9 Å². The fourth-order valence-electron chi connectivity index (χ4n) is 8.39. The maximum Gasteiger partial charge on any atom is 0.322 e. The highest BCUT2D eigenvalue weighted by Gasteiger charge is 2.64. The first-order valence-electron chi connectivity index (χ1n) is 12.7. The summed E-state index contributed by atoms with van der Waals surface area (Å²) in [6.07, 6.45) is 6.51. The van der Waals surface area contributed by atoms with Crippen LogP contribution in [0.4, 0.5) is 0 Å². The van der Waals surface area contributed by atoms with Crippen LogP contribution < -0.4 is 5.32 Å². The highest BCUT2D eigenvalue weighted by molar-refractivity contribution is 5.81. The Morgan fingerprint density at radius 1 is 1.15 bits per heavy atom. The second-order valence-electron chi connectivity index (χ2n) is 11.8. The molecule has 0 spiro atoms. The summed E-state index contributed by atoms with van der Waals surface area (Å²) >= 11 is 0. The van der Waals surface area contributed by atoms with Crippen LogP contribution in [0.15, 0.2) is 11.6 Å². The van der Waals surface area contributed by atoms with E-state index in [4.69, 9.17) is 5.11 Å². The smallest absolute Gasteiger partial charge is 0.322 e. The zero-order chi connectivity index (χ0) is 24.1. The molecule has 0 unspecified atom stereocenters. The molecule has 0 aliphatic heterocycles. The number of nitrogens with one attached hydrogen (secondary N) is 1. The largest absolute Gasteiger partial charge is 0.480 e. The average Bonchev–Trinajstić information content (AvgIpc) is 3.11. The summed E-state index contributed by atoms with van der Waals surface area (Å²) in [5, 5.41) is 44.2. The van der Waals surface area contributed by atoms with Crippen LogP contribution in [0, 0.1) is 40.4 Å². The molecule has 3 saturated carbocycles. The number of carboxylic acid groups (broad SMARTS) is 1. The summed E-state index contributed by atoms with van der Waals surface area (Å²) in [5.74, 6) is -0.287. The SMILES string of the molecule is C[C@H](CCC(=O)NCC(=O)O)[C@H]1CC[C@H]2[C@@H]3[C@H](O)C=C4C[C@@H](O)CC[C@]4(C)[C@H]3C[C@H](O)[C@]12C. The third-order valence-corrected chi connectivity index (χ3v) is 10.2. The van der Waals surface area contributed by atoms with Gasteiger partial charge in [-0.3, -0.25) is 9.59 Å². The minimum Gasteiger partial charge on any atom is -0.480 e. The molecule has 10 atom stereocenters. The van der Waals surface area contributed by atoms with E-state index >= 15 is 0 Å². The Labute approximate surface area is 196 Å². The molecule has 4 rings (SSSR count). The molecule has 0 saturated heterocycles. The molecular weight excluding hydrogens is 422 g/mol. The fraction of sp³-hybridized carbons (Fsp3) is 0.846. The zero-order valence-corrected chi connectivity index (χ0v) is 20.2. The fourth-order valence-corrected chi connectivity index (χ4v) is 8.39. The molecule has 1 amide bonds. The Morgan fingerprint density at radius 2 is 1.88 bits per heavy atom. The molecular formula is C26H41NO6. The standard InChI is InChI=1S/C26H41NO6/c1-14(4-7-22(31)27-13-23(32)33)17-5-6-18-24-19(12-21(30)26(17,18)3)25(2)9-8-16(28)10-15(25)11-20(24)29/h11,14,16-21,24,28-30H,4-10,12-13H2,1-3H3,(H,27,31)(H,32,33)/t14-,16+,17-,18+,19+,20-,21+,24+,25+,26-/m1/s1. The van der Waals surface area contributed by atoms with Crippen LogP contribution in [0.25, 0.3) is 0 Å². The molecule has 0 radical (unpaired) electrons. The summed E-state index contributed by atoms with van der Waals surface area (Å²) in [4.78, 5) is 22.7. The van der Waals surface area contributed by atoms with Gasteiger partial charge in [0.05, 0.1) is 18.3 Å². The van der Waals surface area contributed by atoms with Gasteiger partial charge in [-0.05, 0) is 85.4 Å². The average molecular weight is 464 g/mol. The van der Waals surface area contributed by atoms with Crippen LogP contribution in [0.5, 0.6) is 0 Å². The number of aliphatic hydroxyl groups excluding tert-OH is 3. The Kier molecular flexibility index (Phi) is 6.71. The molecule has 0 bridgehead atoms. The van der Waals surface area contributed by atoms with E-state index < -0.39 is 18.2 Å². The number of fused-ring (bicyclic) bond motifs is 5. The molecule has 0 aromatic rings. The van der Waals surface area contributed by atoms with Crippen molar-refractivity contribution in [2.24, 2.45) is 40.4 Å². The molecule has 4 aliphatic carbocycles. The maximum atomic E-state index is 12.0. The lowest BCUT2D eigenvalue weighted by Gasteiger charge is -2.61. The summed E-state index contributed by atoms with van der Waals surface area (Å²) in [5.41, 5.74) is 0.785. The number of carbonyl (C=O) groups excluding carboxylic acids is 1. The molecule has 3 fully saturated rings. The van der Waals surface area contributed by atoms with E-state index in [-0.39, 0.29) is 65.4 Å². The first kappa shape index (κ1) is 24.7. The number of hydrogen-bond donors (Lipinski definition) is 5. The van der Waals surface area contributed by atoms with Gasteiger partial charge >= 0.3 is 5.97 Å².